The number of aromatic nitrogens is 1. The molecule has 1 heterocycles. The van der Waals surface area contributed by atoms with Gasteiger partial charge in [-0.3, -0.25) is 0 Å². The smallest absolute Gasteiger partial charge is 0.0457 e. The maximum absolute atomic E-state index is 3.63. The molecule has 2 nitrogen and oxygen atoms in total. The van der Waals surface area contributed by atoms with Crippen LogP contribution in [0, 0.1) is 11.8 Å². The first kappa shape index (κ1) is 12.7. The molecular weight excluding hydrogens is 232 g/mol. The van der Waals surface area contributed by atoms with Gasteiger partial charge in [0.1, 0.15) is 0 Å². The van der Waals surface area contributed by atoms with Gasteiger partial charge in [0.2, 0.25) is 0 Å². The molecule has 3 rings (SSSR count). The van der Waals surface area contributed by atoms with Crippen LogP contribution in [0.15, 0.2) is 30.5 Å². The lowest BCUT2D eigenvalue weighted by atomic mass is 9.82. The summed E-state index contributed by atoms with van der Waals surface area (Å²) in [6.07, 6.45) is 7.67. The van der Waals surface area contributed by atoms with E-state index in [-0.39, 0.29) is 0 Å². The zero-order valence-corrected chi connectivity index (χ0v) is 11.8. The zero-order valence-electron chi connectivity index (χ0n) is 11.8. The zero-order chi connectivity index (χ0) is 13.1. The van der Waals surface area contributed by atoms with Crippen molar-refractivity contribution in [3.63, 3.8) is 0 Å². The van der Waals surface area contributed by atoms with Gasteiger partial charge in [-0.15, -0.1) is 0 Å². The highest BCUT2D eigenvalue weighted by Gasteiger charge is 2.18. The van der Waals surface area contributed by atoms with Gasteiger partial charge in [0, 0.05) is 18.3 Å². The summed E-state index contributed by atoms with van der Waals surface area (Å²) in [7, 11) is 0. The molecule has 2 aromatic rings. The van der Waals surface area contributed by atoms with E-state index in [1.165, 1.54) is 48.7 Å². The Balaban J connectivity index is 1.51. The van der Waals surface area contributed by atoms with Crippen LogP contribution in [-0.2, 0) is 6.54 Å². The molecule has 1 fully saturated rings. The van der Waals surface area contributed by atoms with Crippen molar-refractivity contribution < 1.29 is 0 Å². The Morgan fingerprint density at radius 1 is 1.26 bits per heavy atom. The summed E-state index contributed by atoms with van der Waals surface area (Å²) in [4.78, 5) is 3.28. The first-order chi connectivity index (χ1) is 9.31. The Hall–Kier alpha value is -1.28. The summed E-state index contributed by atoms with van der Waals surface area (Å²) in [5.74, 6) is 1.81. The molecule has 19 heavy (non-hydrogen) atoms. The van der Waals surface area contributed by atoms with E-state index >= 15 is 0 Å². The van der Waals surface area contributed by atoms with Crippen LogP contribution < -0.4 is 5.32 Å². The highest BCUT2D eigenvalue weighted by atomic mass is 14.9. The Labute approximate surface area is 115 Å². The normalized spacial score (nSPS) is 23.8. The van der Waals surface area contributed by atoms with E-state index in [0.29, 0.717) is 0 Å². The Morgan fingerprint density at radius 3 is 3.11 bits per heavy atom. The maximum atomic E-state index is 3.63. The molecule has 1 aromatic carbocycles. The topological polar surface area (TPSA) is 27.8 Å². The van der Waals surface area contributed by atoms with Gasteiger partial charge < -0.3 is 10.3 Å². The quantitative estimate of drug-likeness (QED) is 0.847. The van der Waals surface area contributed by atoms with Crippen LogP contribution in [0.5, 0.6) is 0 Å². The number of fused-ring (bicyclic) bond motifs is 1. The van der Waals surface area contributed by atoms with Crippen molar-refractivity contribution >= 4 is 10.9 Å². The largest absolute Gasteiger partial charge is 0.361 e. The number of rotatable bonds is 4. The van der Waals surface area contributed by atoms with E-state index in [4.69, 9.17) is 0 Å². The van der Waals surface area contributed by atoms with Crippen molar-refractivity contribution in [2.75, 3.05) is 6.54 Å². The molecule has 0 saturated heterocycles. The van der Waals surface area contributed by atoms with E-state index in [2.05, 4.69) is 41.5 Å². The van der Waals surface area contributed by atoms with E-state index < -0.39 is 0 Å². The van der Waals surface area contributed by atoms with Crippen LogP contribution in [0.1, 0.15) is 38.2 Å². The van der Waals surface area contributed by atoms with Crippen LogP contribution >= 0.6 is 0 Å². The molecule has 2 heteroatoms. The summed E-state index contributed by atoms with van der Waals surface area (Å²) in [6, 6.07) is 8.81. The van der Waals surface area contributed by atoms with E-state index in [0.717, 1.165) is 18.4 Å². The van der Waals surface area contributed by atoms with Crippen LogP contribution in [0.3, 0.4) is 0 Å². The molecule has 0 spiro atoms. The van der Waals surface area contributed by atoms with Gasteiger partial charge >= 0.3 is 0 Å². The monoisotopic (exact) mass is 256 g/mol. The highest BCUT2D eigenvalue weighted by Crippen LogP contribution is 2.28. The number of benzene rings is 1. The van der Waals surface area contributed by atoms with Crippen LogP contribution in [0.4, 0.5) is 0 Å². The van der Waals surface area contributed by atoms with Crippen molar-refractivity contribution in [3.05, 3.63) is 36.0 Å². The van der Waals surface area contributed by atoms with Gasteiger partial charge in [0.15, 0.2) is 0 Å². The van der Waals surface area contributed by atoms with Gasteiger partial charge in [-0.05, 0) is 54.3 Å². The van der Waals surface area contributed by atoms with Gasteiger partial charge in [-0.25, -0.2) is 0 Å². The van der Waals surface area contributed by atoms with Crippen molar-refractivity contribution in [3.8, 4) is 0 Å². The average molecular weight is 256 g/mol. The summed E-state index contributed by atoms with van der Waals surface area (Å²) < 4.78 is 0. The second-order valence-electron chi connectivity index (χ2n) is 6.17. The molecule has 2 N–H and O–H groups in total. The fourth-order valence-electron chi connectivity index (χ4n) is 3.37. The Morgan fingerprint density at radius 2 is 2.21 bits per heavy atom. The molecule has 0 amide bonds. The van der Waals surface area contributed by atoms with Gasteiger partial charge in [-0.2, -0.15) is 0 Å². The minimum absolute atomic E-state index is 0.887. The highest BCUT2D eigenvalue weighted by molar-refractivity contribution is 5.79. The molecule has 0 radical (unpaired) electrons. The molecule has 1 saturated carbocycles. The summed E-state index contributed by atoms with van der Waals surface area (Å²) in [6.45, 7) is 4.55. The van der Waals surface area contributed by atoms with Gasteiger partial charge in [0.25, 0.3) is 0 Å². The Bertz CT molecular complexity index is 529. The number of hydrogen-bond acceptors (Lipinski definition) is 1. The minimum atomic E-state index is 0.887. The van der Waals surface area contributed by atoms with Crippen LogP contribution in [0.25, 0.3) is 10.9 Å². The van der Waals surface area contributed by atoms with E-state index in [1.54, 1.807) is 0 Å². The predicted molar refractivity (Wildman–Crippen MR) is 81.1 cm³/mol. The SMILES string of the molecule is CC1CCCC(CNCc2ccc3cc[nH]c3c2)C1. The minimum Gasteiger partial charge on any atom is -0.361 e. The molecule has 102 valence electrons. The summed E-state index contributed by atoms with van der Waals surface area (Å²) in [5, 5.41) is 4.93. The third kappa shape index (κ3) is 3.19. The predicted octanol–water partition coefficient (Wildman–Crippen LogP) is 4.08. The number of H-pyrrole nitrogens is 1. The fraction of sp³-hybridized carbons (Fsp3) is 0.529. The van der Waals surface area contributed by atoms with Gasteiger partial charge in [0.05, 0.1) is 0 Å². The lowest BCUT2D eigenvalue weighted by molar-refractivity contribution is 0.274. The first-order valence-corrected chi connectivity index (χ1v) is 7.58. The van der Waals surface area contributed by atoms with Crippen molar-refractivity contribution in [2.45, 2.75) is 39.2 Å². The molecule has 0 bridgehead atoms. The standard InChI is InChI=1S/C17H24N2/c1-13-3-2-4-14(9-13)11-18-12-15-5-6-16-7-8-19-17(16)10-15/h5-8,10,13-14,18-19H,2-4,9,11-12H2,1H3. The second kappa shape index (κ2) is 5.79. The lowest BCUT2D eigenvalue weighted by Gasteiger charge is -2.26. The van der Waals surface area contributed by atoms with E-state index in [1.807, 2.05) is 6.20 Å². The van der Waals surface area contributed by atoms with Crippen LogP contribution in [0.2, 0.25) is 0 Å². The molecular formula is C17H24N2. The third-order valence-corrected chi connectivity index (χ3v) is 4.43. The lowest BCUT2D eigenvalue weighted by Crippen LogP contribution is -2.26. The number of aromatic amines is 1. The Kier molecular flexibility index (Phi) is 3.88. The van der Waals surface area contributed by atoms with Crippen molar-refractivity contribution in [1.82, 2.24) is 10.3 Å². The number of nitrogens with one attached hydrogen (secondary N) is 2. The molecule has 0 aliphatic heterocycles. The first-order valence-electron chi connectivity index (χ1n) is 7.58. The fourth-order valence-corrected chi connectivity index (χ4v) is 3.37. The molecule has 2 atom stereocenters. The van der Waals surface area contributed by atoms with Crippen molar-refractivity contribution in [1.29, 1.82) is 0 Å². The third-order valence-electron chi connectivity index (χ3n) is 4.43. The molecule has 2 unspecified atom stereocenters. The molecule has 1 aromatic heterocycles. The summed E-state index contributed by atoms with van der Waals surface area (Å²) in [5.41, 5.74) is 2.62. The van der Waals surface area contributed by atoms with Gasteiger partial charge in [-0.1, -0.05) is 31.9 Å². The molecule has 1 aliphatic carbocycles. The van der Waals surface area contributed by atoms with Crippen LogP contribution in [-0.4, -0.2) is 11.5 Å². The second-order valence-corrected chi connectivity index (χ2v) is 6.17. The average Bonchev–Trinajstić information content (AvgIpc) is 2.86. The summed E-state index contributed by atoms with van der Waals surface area (Å²) >= 11 is 0. The number of hydrogen-bond donors (Lipinski definition) is 2. The van der Waals surface area contributed by atoms with Crippen molar-refractivity contribution in [2.24, 2.45) is 11.8 Å². The molecule has 1 aliphatic rings. The maximum Gasteiger partial charge on any atom is 0.0457 e. The van der Waals surface area contributed by atoms with E-state index in [9.17, 15) is 0 Å².